The number of hydrogen-bond acceptors (Lipinski definition) is 1. The summed E-state index contributed by atoms with van der Waals surface area (Å²) in [7, 11) is 0. The molecule has 43 heavy (non-hydrogen) atoms. The molecule has 0 bridgehead atoms. The molecule has 1 heteroatoms. The quantitative estimate of drug-likeness (QED) is 0.195. The van der Waals surface area contributed by atoms with Crippen LogP contribution in [0.3, 0.4) is 0 Å². The van der Waals surface area contributed by atoms with Gasteiger partial charge in [0.25, 0.3) is 0 Å². The van der Waals surface area contributed by atoms with E-state index in [1.165, 1.54) is 0 Å². The Hall–Kier alpha value is -5.66. The second-order valence-corrected chi connectivity index (χ2v) is 9.85. The van der Waals surface area contributed by atoms with Crippen molar-refractivity contribution in [2.45, 2.75) is 0 Å². The van der Waals surface area contributed by atoms with Crippen molar-refractivity contribution in [2.75, 3.05) is 0 Å². The van der Waals surface area contributed by atoms with Gasteiger partial charge < -0.3 is 4.42 Å². The number of hydrogen-bond donors (Lipinski definition) is 0. The van der Waals surface area contributed by atoms with Crippen molar-refractivity contribution >= 4 is 54.3 Å². The van der Waals surface area contributed by atoms with Crippen LogP contribution < -0.4 is 0 Å². The Morgan fingerprint density at radius 3 is 1.81 bits per heavy atom. The molecule has 0 saturated heterocycles. The first-order valence-electron chi connectivity index (χ1n) is 22.3. The van der Waals surface area contributed by atoms with Crippen molar-refractivity contribution in [3.05, 3.63) is 157 Å². The van der Waals surface area contributed by atoms with E-state index < -0.39 is 120 Å². The van der Waals surface area contributed by atoms with Crippen molar-refractivity contribution in [3.8, 4) is 33.4 Å². The molecule has 9 aromatic rings. The number of furan rings is 1. The van der Waals surface area contributed by atoms with Crippen LogP contribution >= 0.6 is 0 Å². The average molecular weight is 565 g/mol. The van der Waals surface area contributed by atoms with Crippen molar-refractivity contribution in [1.82, 2.24) is 0 Å². The monoisotopic (exact) mass is 564 g/mol. The van der Waals surface area contributed by atoms with Crippen LogP contribution in [0.1, 0.15) is 24.7 Å². The van der Waals surface area contributed by atoms with Crippen molar-refractivity contribution in [1.29, 1.82) is 0 Å². The summed E-state index contributed by atoms with van der Waals surface area (Å²) in [6.45, 7) is 0. The van der Waals surface area contributed by atoms with E-state index in [2.05, 4.69) is 0 Å². The van der Waals surface area contributed by atoms with Gasteiger partial charge in [-0.25, -0.2) is 0 Å². The Morgan fingerprint density at radius 2 is 1.07 bits per heavy atom. The molecule has 1 aromatic heterocycles. The maximum Gasteiger partial charge on any atom is 0.136 e. The third-order valence-corrected chi connectivity index (χ3v) is 7.50. The zero-order chi connectivity index (χ0) is 44.0. The highest BCUT2D eigenvalue weighted by molar-refractivity contribution is 6.25. The molecule has 0 radical (unpaired) electrons. The number of rotatable bonds is 3. The molecule has 0 aliphatic rings. The molecule has 0 unspecified atom stereocenters. The first-order valence-corrected chi connectivity index (χ1v) is 13.3. The van der Waals surface area contributed by atoms with E-state index in [4.69, 9.17) is 22.2 Å². The SMILES string of the molecule is [2H]c1c([2H])c([2H])c(-c2c([2H])c([2H])c3c(oc4c([2H])c([2H])c([2H])c(-c5c6ccccc6c(-c6c([2H])c([2H])c7c([2H])c([2H])c([2H])c([2H])c7c6[2H])c6ccccc56)c43)c2[2H])c([2H])c1[2H]. The molecular weight excluding hydrogens is 520 g/mol. The average Bonchev–Trinajstić information content (AvgIpc) is 3.65. The topological polar surface area (TPSA) is 13.1 Å². The van der Waals surface area contributed by atoms with E-state index in [9.17, 15) is 6.85 Å². The minimum Gasteiger partial charge on any atom is -0.456 e. The van der Waals surface area contributed by atoms with Gasteiger partial charge in [0.05, 0.1) is 24.7 Å². The molecule has 1 nitrogen and oxygen atoms in total. The predicted molar refractivity (Wildman–Crippen MR) is 183 cm³/mol. The van der Waals surface area contributed by atoms with Crippen LogP contribution in [0, 0.1) is 0 Å². The van der Waals surface area contributed by atoms with Crippen molar-refractivity contribution in [2.24, 2.45) is 0 Å². The lowest BCUT2D eigenvalue weighted by Crippen LogP contribution is -1.91. The Labute approximate surface area is 274 Å². The molecule has 8 aromatic carbocycles. The van der Waals surface area contributed by atoms with Crippen LogP contribution in [-0.4, -0.2) is 0 Å². The highest BCUT2D eigenvalue weighted by atomic mass is 16.3. The van der Waals surface area contributed by atoms with E-state index in [0.717, 1.165) is 0 Å². The summed E-state index contributed by atoms with van der Waals surface area (Å²) in [6.07, 6.45) is 0. The molecule has 0 atom stereocenters. The third kappa shape index (κ3) is 3.72. The lowest BCUT2D eigenvalue weighted by atomic mass is 9.84. The standard InChI is InChI=1S/C42H26O/c1-2-11-27(12-3-1)30-23-24-36-39(26-30)43-38-20-10-19-37(42(36)38)41-34-17-8-6-15-32(34)40(33-16-7-9-18-35(33)41)31-22-21-28-13-4-5-14-29(28)25-31/h1-26H/i1D,2D,3D,4D,5D,10D,11D,12D,13D,14D,19D,20D,21D,22D,23D,24D,25D,26D. The first-order chi connectivity index (χ1) is 28.8. The maximum atomic E-state index is 9.41. The fourth-order valence-corrected chi connectivity index (χ4v) is 5.71. The second kappa shape index (κ2) is 9.44. The highest BCUT2D eigenvalue weighted by Crippen LogP contribution is 2.47. The van der Waals surface area contributed by atoms with Gasteiger partial charge in [-0.15, -0.1) is 0 Å². The van der Waals surface area contributed by atoms with Crippen LogP contribution in [0.4, 0.5) is 0 Å². The van der Waals surface area contributed by atoms with E-state index in [1.807, 2.05) is 0 Å². The van der Waals surface area contributed by atoms with E-state index in [1.54, 1.807) is 48.5 Å². The summed E-state index contributed by atoms with van der Waals surface area (Å²) in [5, 5.41) is 0.709. The Balaban J connectivity index is 1.47. The van der Waals surface area contributed by atoms with Gasteiger partial charge >= 0.3 is 0 Å². The van der Waals surface area contributed by atoms with Gasteiger partial charge in [0, 0.05) is 10.8 Å². The minimum atomic E-state index is -0.719. The molecule has 200 valence electrons. The Morgan fingerprint density at radius 1 is 0.419 bits per heavy atom. The molecule has 0 aliphatic carbocycles. The van der Waals surface area contributed by atoms with Crippen LogP contribution in [0.25, 0.3) is 87.6 Å². The summed E-state index contributed by atoms with van der Waals surface area (Å²) in [6, 6.07) is 2.64. The molecule has 0 aliphatic heterocycles. The van der Waals surface area contributed by atoms with Gasteiger partial charge in [-0.05, 0) is 89.9 Å². The van der Waals surface area contributed by atoms with Gasteiger partial charge in [-0.1, -0.05) is 133 Å². The molecule has 0 amide bonds. The van der Waals surface area contributed by atoms with Gasteiger partial charge in [0.15, 0.2) is 0 Å². The summed E-state index contributed by atoms with van der Waals surface area (Å²) in [5.41, 5.74) is -1.26. The van der Waals surface area contributed by atoms with Crippen LogP contribution in [0.15, 0.2) is 162 Å². The lowest BCUT2D eigenvalue weighted by molar-refractivity contribution is 0.669. The van der Waals surface area contributed by atoms with E-state index in [-0.39, 0.29) is 55.0 Å². The summed E-state index contributed by atoms with van der Waals surface area (Å²) < 4.78 is 164. The predicted octanol–water partition coefficient (Wildman–Crippen LogP) is 12.0. The normalized spacial score (nSPS) is 17.6. The third-order valence-electron chi connectivity index (χ3n) is 7.50. The second-order valence-electron chi connectivity index (χ2n) is 9.85. The van der Waals surface area contributed by atoms with Crippen LogP contribution in [0.2, 0.25) is 0 Å². The van der Waals surface area contributed by atoms with Crippen molar-refractivity contribution < 1.29 is 29.1 Å². The fraction of sp³-hybridized carbons (Fsp3) is 0. The van der Waals surface area contributed by atoms with Gasteiger partial charge in [0.1, 0.15) is 11.2 Å². The fourth-order valence-electron chi connectivity index (χ4n) is 5.71. The first kappa shape index (κ1) is 12.3. The Bertz CT molecular complexity index is 3430. The lowest BCUT2D eigenvalue weighted by Gasteiger charge is -2.18. The van der Waals surface area contributed by atoms with Gasteiger partial charge in [0.2, 0.25) is 0 Å². The molecule has 1 heterocycles. The molecule has 9 rings (SSSR count). The van der Waals surface area contributed by atoms with Gasteiger partial charge in [-0.3, -0.25) is 0 Å². The largest absolute Gasteiger partial charge is 0.456 e. The molecule has 0 saturated carbocycles. The zero-order valence-electron chi connectivity index (χ0n) is 40.0. The maximum absolute atomic E-state index is 9.41. The summed E-state index contributed by atoms with van der Waals surface area (Å²) in [5.74, 6) is 0. The van der Waals surface area contributed by atoms with Crippen LogP contribution in [0.5, 0.6) is 0 Å². The summed E-state index contributed by atoms with van der Waals surface area (Å²) in [4.78, 5) is 0. The van der Waals surface area contributed by atoms with Gasteiger partial charge in [-0.2, -0.15) is 0 Å². The minimum absolute atomic E-state index is 0.0254. The van der Waals surface area contributed by atoms with Crippen LogP contribution in [-0.2, 0) is 0 Å². The number of benzene rings is 8. The molecule has 0 N–H and O–H groups in total. The highest BCUT2D eigenvalue weighted by Gasteiger charge is 2.20. The van der Waals surface area contributed by atoms with Crippen molar-refractivity contribution in [3.63, 3.8) is 0 Å². The van der Waals surface area contributed by atoms with E-state index >= 15 is 0 Å². The Kier molecular flexibility index (Phi) is 2.70. The molecular formula is C42H26O. The summed E-state index contributed by atoms with van der Waals surface area (Å²) >= 11 is 0. The zero-order valence-corrected chi connectivity index (χ0v) is 22.0. The van der Waals surface area contributed by atoms with E-state index in [0.29, 0.717) is 21.5 Å². The smallest absolute Gasteiger partial charge is 0.136 e. The molecule has 0 spiro atoms. The molecule has 0 fully saturated rings. The number of fused-ring (bicyclic) bond motifs is 6.